The molecule has 1 heterocycles. The van der Waals surface area contributed by atoms with Gasteiger partial charge >= 0.3 is 5.97 Å². The Morgan fingerprint density at radius 3 is 2.38 bits per heavy atom. The maximum Gasteiger partial charge on any atom is 0.323 e. The molecular formula is C15H21N3O6S2. The molecule has 144 valence electrons. The number of sulfonamides is 1. The maximum atomic E-state index is 12.7. The van der Waals surface area contributed by atoms with E-state index in [9.17, 15) is 23.2 Å². The minimum absolute atomic E-state index is 0.0864. The molecule has 0 aromatic heterocycles. The summed E-state index contributed by atoms with van der Waals surface area (Å²) in [5, 5.41) is 9.66. The minimum Gasteiger partial charge on any atom is -0.497 e. The van der Waals surface area contributed by atoms with Crippen LogP contribution in [0, 0.1) is 4.91 Å². The van der Waals surface area contributed by atoms with Gasteiger partial charge in [-0.15, -0.1) is 4.91 Å². The first-order chi connectivity index (χ1) is 12.2. The largest absolute Gasteiger partial charge is 0.497 e. The third-order valence-corrected chi connectivity index (χ3v) is 6.99. The molecule has 26 heavy (non-hydrogen) atoms. The molecule has 1 atom stereocenters. The fourth-order valence-corrected chi connectivity index (χ4v) is 4.99. The van der Waals surface area contributed by atoms with Crippen LogP contribution in [0.4, 0.5) is 0 Å². The molecule has 0 aliphatic carbocycles. The average Bonchev–Trinajstić information content (AvgIpc) is 2.62. The molecule has 1 saturated heterocycles. The molecule has 1 unspecified atom stereocenters. The highest BCUT2D eigenvalue weighted by Gasteiger charge is 2.48. The van der Waals surface area contributed by atoms with Crippen molar-refractivity contribution in [3.63, 3.8) is 0 Å². The van der Waals surface area contributed by atoms with Gasteiger partial charge in [-0.3, -0.25) is 4.79 Å². The van der Waals surface area contributed by atoms with Crippen molar-refractivity contribution in [3.05, 3.63) is 29.2 Å². The molecule has 0 radical (unpaired) electrons. The zero-order valence-electron chi connectivity index (χ0n) is 14.4. The van der Waals surface area contributed by atoms with Crippen LogP contribution in [0.15, 0.2) is 33.7 Å². The van der Waals surface area contributed by atoms with Gasteiger partial charge in [0.05, 0.1) is 16.8 Å². The predicted molar refractivity (Wildman–Crippen MR) is 97.6 cm³/mol. The van der Waals surface area contributed by atoms with E-state index in [1.54, 1.807) is 0 Å². The van der Waals surface area contributed by atoms with Crippen LogP contribution in [0.5, 0.6) is 5.75 Å². The number of piperidine rings is 1. The normalized spacial score (nSPS) is 18.8. The molecule has 1 aliphatic heterocycles. The van der Waals surface area contributed by atoms with E-state index in [2.05, 4.69) is 9.30 Å². The third-order valence-electron chi connectivity index (χ3n) is 4.47. The molecule has 2 rings (SSSR count). The molecule has 0 amide bonds. The summed E-state index contributed by atoms with van der Waals surface area (Å²) in [6, 6.07) is 4.11. The SMILES string of the molecule is COc1ccc(S(=O)(=O)NC(C(=O)O)C2(SN=O)CCN(C)CC2)cc1. The van der Waals surface area contributed by atoms with Crippen molar-refractivity contribution in [1.82, 2.24) is 9.62 Å². The Balaban J connectivity index is 2.33. The lowest BCUT2D eigenvalue weighted by Gasteiger charge is -2.41. The number of nitrogens with one attached hydrogen (secondary N) is 1. The van der Waals surface area contributed by atoms with E-state index in [4.69, 9.17) is 4.74 Å². The summed E-state index contributed by atoms with van der Waals surface area (Å²) < 4.78 is 34.2. The third kappa shape index (κ3) is 4.53. The topological polar surface area (TPSA) is 125 Å². The number of hydrogen-bond acceptors (Lipinski definition) is 8. The van der Waals surface area contributed by atoms with Gasteiger partial charge in [-0.1, -0.05) is 0 Å². The summed E-state index contributed by atoms with van der Waals surface area (Å²) in [5.74, 6) is -0.867. The van der Waals surface area contributed by atoms with Crippen LogP contribution in [0.3, 0.4) is 0 Å². The quantitative estimate of drug-likeness (QED) is 0.491. The van der Waals surface area contributed by atoms with Gasteiger partial charge in [0.2, 0.25) is 10.0 Å². The molecule has 1 fully saturated rings. The Kier molecular flexibility index (Phi) is 6.61. The first-order valence-electron chi connectivity index (χ1n) is 7.83. The van der Waals surface area contributed by atoms with Crippen LogP contribution in [0.2, 0.25) is 0 Å². The smallest absolute Gasteiger partial charge is 0.323 e. The van der Waals surface area contributed by atoms with Crippen LogP contribution in [0.1, 0.15) is 12.8 Å². The van der Waals surface area contributed by atoms with Crippen molar-refractivity contribution in [3.8, 4) is 5.75 Å². The van der Waals surface area contributed by atoms with Gasteiger partial charge in [0.25, 0.3) is 0 Å². The first kappa shape index (κ1) is 20.6. The van der Waals surface area contributed by atoms with Crippen LogP contribution in [-0.2, 0) is 14.8 Å². The van der Waals surface area contributed by atoms with Crippen molar-refractivity contribution >= 4 is 27.9 Å². The Labute approximate surface area is 156 Å². The molecule has 1 aromatic rings. The van der Waals surface area contributed by atoms with E-state index < -0.39 is 26.8 Å². The van der Waals surface area contributed by atoms with E-state index in [1.165, 1.54) is 31.4 Å². The number of likely N-dealkylation sites (tertiary alicyclic amines) is 1. The summed E-state index contributed by atoms with van der Waals surface area (Å²) in [6.45, 7) is 1.08. The number of nitroso groups, excluding NO2 is 1. The number of nitrogens with zero attached hydrogens (tertiary/aromatic N) is 2. The molecular weight excluding hydrogens is 382 g/mol. The number of aliphatic carboxylic acids is 1. The highest BCUT2D eigenvalue weighted by atomic mass is 32.2. The van der Waals surface area contributed by atoms with Gasteiger partial charge in [0.15, 0.2) is 0 Å². The molecule has 11 heteroatoms. The Bertz CT molecular complexity index is 745. The standard InChI is InChI=1S/C15H21N3O6S2/c1-18-9-7-15(8-10-18,25-17-21)13(14(19)20)16-26(22,23)12-5-3-11(24-2)4-6-12/h3-6,13,16H,7-10H2,1-2H3,(H,19,20). The summed E-state index contributed by atoms with van der Waals surface area (Å²) in [4.78, 5) is 24.7. The number of rotatable bonds is 8. The highest BCUT2D eigenvalue weighted by molar-refractivity contribution is 7.99. The van der Waals surface area contributed by atoms with Crippen molar-refractivity contribution in [2.45, 2.75) is 28.5 Å². The number of methoxy groups -OCH3 is 1. The zero-order chi connectivity index (χ0) is 19.4. The van der Waals surface area contributed by atoms with Crippen molar-refractivity contribution in [2.75, 3.05) is 27.2 Å². The van der Waals surface area contributed by atoms with E-state index in [1.807, 2.05) is 11.9 Å². The second kappa shape index (κ2) is 8.33. The van der Waals surface area contributed by atoms with Gasteiger partial charge in [-0.2, -0.15) is 4.72 Å². The second-order valence-electron chi connectivity index (χ2n) is 6.10. The molecule has 0 bridgehead atoms. The fraction of sp³-hybridized carbons (Fsp3) is 0.533. The van der Waals surface area contributed by atoms with Crippen molar-refractivity contribution < 1.29 is 23.1 Å². The van der Waals surface area contributed by atoms with Gasteiger partial charge in [0.1, 0.15) is 11.8 Å². The number of hydrogen-bond donors (Lipinski definition) is 2. The van der Waals surface area contributed by atoms with E-state index in [0.29, 0.717) is 43.6 Å². The van der Waals surface area contributed by atoms with Crippen LogP contribution < -0.4 is 9.46 Å². The number of carboxylic acids is 1. The fourth-order valence-electron chi connectivity index (χ4n) is 2.86. The molecule has 9 nitrogen and oxygen atoms in total. The number of benzene rings is 1. The van der Waals surface area contributed by atoms with Gasteiger partial charge < -0.3 is 14.7 Å². The second-order valence-corrected chi connectivity index (χ2v) is 8.96. The summed E-state index contributed by atoms with van der Waals surface area (Å²) in [5.41, 5.74) is 0. The molecule has 0 spiro atoms. The van der Waals surface area contributed by atoms with Crippen molar-refractivity contribution in [2.24, 2.45) is 4.58 Å². The molecule has 1 aromatic carbocycles. The lowest BCUT2D eigenvalue weighted by Crippen LogP contribution is -2.58. The number of carboxylic acid groups (broad SMARTS) is 1. The van der Waals surface area contributed by atoms with Crippen LogP contribution >= 0.6 is 11.9 Å². The summed E-state index contributed by atoms with van der Waals surface area (Å²) in [6.07, 6.45) is 0.643. The monoisotopic (exact) mass is 403 g/mol. The molecule has 2 N–H and O–H groups in total. The lowest BCUT2D eigenvalue weighted by atomic mass is 9.89. The number of ether oxygens (including phenoxy) is 1. The number of carbonyl (C=O) groups is 1. The van der Waals surface area contributed by atoms with E-state index in [-0.39, 0.29) is 4.90 Å². The van der Waals surface area contributed by atoms with E-state index >= 15 is 0 Å². The van der Waals surface area contributed by atoms with Crippen LogP contribution in [-0.4, -0.2) is 62.4 Å². The van der Waals surface area contributed by atoms with Crippen molar-refractivity contribution in [1.29, 1.82) is 0 Å². The summed E-state index contributed by atoms with van der Waals surface area (Å²) in [7, 11) is -0.777. The average molecular weight is 403 g/mol. The molecule has 1 aliphatic rings. The lowest BCUT2D eigenvalue weighted by molar-refractivity contribution is -0.140. The van der Waals surface area contributed by atoms with E-state index in [0.717, 1.165) is 0 Å². The highest BCUT2D eigenvalue weighted by Crippen LogP contribution is 2.40. The van der Waals surface area contributed by atoms with Gasteiger partial charge in [0, 0.05) is 16.5 Å². The summed E-state index contributed by atoms with van der Waals surface area (Å²) >= 11 is 0.595. The minimum atomic E-state index is -4.11. The maximum absolute atomic E-state index is 12.7. The molecule has 0 saturated carbocycles. The van der Waals surface area contributed by atoms with Crippen LogP contribution in [0.25, 0.3) is 0 Å². The zero-order valence-corrected chi connectivity index (χ0v) is 16.0. The Morgan fingerprint density at radius 1 is 1.35 bits per heavy atom. The first-order valence-corrected chi connectivity index (χ1v) is 10.1. The Hall–Kier alpha value is -1.69. The van der Waals surface area contributed by atoms with Gasteiger partial charge in [-0.25, -0.2) is 8.42 Å². The Morgan fingerprint density at radius 2 is 1.92 bits per heavy atom. The predicted octanol–water partition coefficient (Wildman–Crippen LogP) is 1.31. The van der Waals surface area contributed by atoms with Gasteiger partial charge in [-0.05, 0) is 57.2 Å².